The minimum absolute atomic E-state index is 0.230. The molecule has 0 radical (unpaired) electrons. The van der Waals surface area contributed by atoms with Gasteiger partial charge in [-0.1, -0.05) is 66.7 Å². The second-order valence-electron chi connectivity index (χ2n) is 9.35. The fraction of sp³-hybridized carbons (Fsp3) is 0.250. The van der Waals surface area contributed by atoms with Crippen molar-refractivity contribution in [3.05, 3.63) is 96.1 Å². The van der Waals surface area contributed by atoms with Gasteiger partial charge >= 0.3 is 6.03 Å². The number of imide groups is 2. The Morgan fingerprint density at radius 2 is 1.50 bits per heavy atom. The summed E-state index contributed by atoms with van der Waals surface area (Å²) in [7, 11) is 0. The Morgan fingerprint density at radius 1 is 0.824 bits per heavy atom. The van der Waals surface area contributed by atoms with E-state index in [1.165, 1.54) is 5.56 Å². The standard InChI is InChI=1S/C28H25N3O3/c32-25-28(26(33)31(27(34)29-25)22-12-5-2-6-13-22)18-21-11-7-8-14-23(21)30-16-15-20(17-24(28)30)19-9-3-1-4-10-19/h1-14,20,24H,15-18H2,(H,29,32,34)/t20-,24-,28+/m0/s1. The van der Waals surface area contributed by atoms with Gasteiger partial charge in [-0.15, -0.1) is 0 Å². The zero-order valence-electron chi connectivity index (χ0n) is 18.7. The van der Waals surface area contributed by atoms with Gasteiger partial charge in [-0.3, -0.25) is 14.9 Å². The van der Waals surface area contributed by atoms with Crippen molar-refractivity contribution in [1.82, 2.24) is 5.32 Å². The summed E-state index contributed by atoms with van der Waals surface area (Å²) in [4.78, 5) is 44.2. The number of nitrogens with one attached hydrogen (secondary N) is 1. The van der Waals surface area contributed by atoms with Crippen LogP contribution in [-0.2, 0) is 16.0 Å². The Bertz CT molecular complexity index is 1280. The average molecular weight is 452 g/mol. The van der Waals surface area contributed by atoms with Crippen molar-refractivity contribution in [2.24, 2.45) is 5.41 Å². The van der Waals surface area contributed by atoms with Crippen LogP contribution in [0.5, 0.6) is 0 Å². The minimum Gasteiger partial charge on any atom is -0.367 e. The van der Waals surface area contributed by atoms with Crippen molar-refractivity contribution in [3.63, 3.8) is 0 Å². The molecule has 6 rings (SSSR count). The van der Waals surface area contributed by atoms with Gasteiger partial charge in [0.2, 0.25) is 5.91 Å². The van der Waals surface area contributed by atoms with Crippen molar-refractivity contribution in [3.8, 4) is 0 Å². The first kappa shape index (κ1) is 20.7. The number of fused-ring (bicyclic) bond motifs is 4. The highest BCUT2D eigenvalue weighted by Gasteiger charge is 2.63. The van der Waals surface area contributed by atoms with Crippen LogP contribution in [0.4, 0.5) is 16.2 Å². The van der Waals surface area contributed by atoms with Crippen molar-refractivity contribution in [1.29, 1.82) is 0 Å². The number of piperidine rings is 1. The fourth-order valence-corrected chi connectivity index (χ4v) is 6.02. The topological polar surface area (TPSA) is 69.7 Å². The lowest BCUT2D eigenvalue weighted by Crippen LogP contribution is -2.73. The van der Waals surface area contributed by atoms with Crippen LogP contribution < -0.4 is 15.1 Å². The molecule has 3 aliphatic heterocycles. The molecule has 6 heteroatoms. The van der Waals surface area contributed by atoms with Crippen LogP contribution in [0, 0.1) is 5.41 Å². The van der Waals surface area contributed by atoms with E-state index in [4.69, 9.17) is 0 Å². The van der Waals surface area contributed by atoms with Crippen LogP contribution in [0.3, 0.4) is 0 Å². The number of barbiturate groups is 1. The number of rotatable bonds is 2. The van der Waals surface area contributed by atoms with Gasteiger partial charge in [0.05, 0.1) is 11.7 Å². The van der Waals surface area contributed by atoms with Gasteiger partial charge in [-0.05, 0) is 54.5 Å². The molecule has 0 saturated carbocycles. The summed E-state index contributed by atoms with van der Waals surface area (Å²) in [6.07, 6.45) is 1.86. The minimum atomic E-state index is -1.38. The van der Waals surface area contributed by atoms with Gasteiger partial charge in [-0.2, -0.15) is 0 Å². The van der Waals surface area contributed by atoms with Gasteiger partial charge in [-0.25, -0.2) is 9.69 Å². The molecule has 4 amide bonds. The molecule has 2 fully saturated rings. The lowest BCUT2D eigenvalue weighted by molar-refractivity contribution is -0.145. The third kappa shape index (κ3) is 2.98. The normalized spacial score (nSPS) is 26.2. The summed E-state index contributed by atoms with van der Waals surface area (Å²) < 4.78 is 0. The SMILES string of the molecule is O=C1NC(=O)[C@]2(Cc3ccccc3N3CC[C@H](c4ccccc4)C[C@H]32)C(=O)N1c1ccccc1. The lowest BCUT2D eigenvalue weighted by atomic mass is 9.64. The number of anilines is 2. The molecule has 0 aliphatic carbocycles. The quantitative estimate of drug-likeness (QED) is 0.591. The van der Waals surface area contributed by atoms with Gasteiger partial charge in [0.25, 0.3) is 5.91 Å². The summed E-state index contributed by atoms with van der Waals surface area (Å²) in [5.41, 5.74) is 2.34. The Balaban J connectivity index is 1.49. The summed E-state index contributed by atoms with van der Waals surface area (Å²) >= 11 is 0. The first-order valence-electron chi connectivity index (χ1n) is 11.7. The molecule has 34 heavy (non-hydrogen) atoms. The Morgan fingerprint density at radius 3 is 2.26 bits per heavy atom. The lowest BCUT2D eigenvalue weighted by Gasteiger charge is -2.55. The molecule has 6 nitrogen and oxygen atoms in total. The molecule has 3 aliphatic rings. The summed E-state index contributed by atoms with van der Waals surface area (Å²) in [6.45, 7) is 0.739. The second-order valence-corrected chi connectivity index (χ2v) is 9.35. The van der Waals surface area contributed by atoms with Gasteiger partial charge in [0, 0.05) is 12.2 Å². The molecular weight excluding hydrogens is 426 g/mol. The highest BCUT2D eigenvalue weighted by Crippen LogP contribution is 2.50. The van der Waals surface area contributed by atoms with Gasteiger partial charge < -0.3 is 4.90 Å². The molecule has 170 valence electrons. The van der Waals surface area contributed by atoms with Crippen LogP contribution in [0.2, 0.25) is 0 Å². The number of para-hydroxylation sites is 2. The van der Waals surface area contributed by atoms with Gasteiger partial charge in [0.15, 0.2) is 5.41 Å². The van der Waals surface area contributed by atoms with E-state index in [9.17, 15) is 14.4 Å². The molecule has 0 unspecified atom stereocenters. The molecule has 0 aromatic heterocycles. The monoisotopic (exact) mass is 451 g/mol. The zero-order valence-corrected chi connectivity index (χ0v) is 18.7. The smallest absolute Gasteiger partial charge is 0.335 e. The number of urea groups is 1. The maximum Gasteiger partial charge on any atom is 0.335 e. The number of carbonyl (C=O) groups excluding carboxylic acids is 3. The van der Waals surface area contributed by atoms with Crippen LogP contribution in [0.25, 0.3) is 0 Å². The first-order chi connectivity index (χ1) is 16.6. The Hall–Kier alpha value is -3.93. The van der Waals surface area contributed by atoms with Crippen molar-refractivity contribution in [2.75, 3.05) is 16.3 Å². The number of carbonyl (C=O) groups is 3. The first-order valence-corrected chi connectivity index (χ1v) is 11.7. The maximum absolute atomic E-state index is 14.2. The molecule has 1 N–H and O–H groups in total. The molecule has 3 heterocycles. The van der Waals surface area contributed by atoms with Crippen molar-refractivity contribution >= 4 is 29.2 Å². The average Bonchev–Trinajstić information content (AvgIpc) is 2.88. The maximum atomic E-state index is 14.2. The van der Waals surface area contributed by atoms with Crippen LogP contribution in [0.1, 0.15) is 29.9 Å². The summed E-state index contributed by atoms with van der Waals surface area (Å²) in [6, 6.07) is 26.1. The zero-order chi connectivity index (χ0) is 23.3. The fourth-order valence-electron chi connectivity index (χ4n) is 6.02. The Labute approximate surface area is 198 Å². The molecule has 3 aromatic carbocycles. The number of benzene rings is 3. The molecular formula is C28H25N3O3. The van der Waals surface area contributed by atoms with E-state index in [1.807, 2.05) is 42.5 Å². The Kier molecular flexibility index (Phi) is 4.76. The van der Waals surface area contributed by atoms with E-state index in [0.29, 0.717) is 12.1 Å². The predicted octanol–water partition coefficient (Wildman–Crippen LogP) is 4.26. The number of amides is 4. The third-order valence-corrected chi connectivity index (χ3v) is 7.64. The number of nitrogens with zero attached hydrogens (tertiary/aromatic N) is 2. The summed E-state index contributed by atoms with van der Waals surface area (Å²) in [5, 5.41) is 2.54. The summed E-state index contributed by atoms with van der Waals surface area (Å²) in [5.74, 6) is -0.702. The highest BCUT2D eigenvalue weighted by molar-refractivity contribution is 6.30. The van der Waals surface area contributed by atoms with E-state index in [-0.39, 0.29) is 18.4 Å². The molecule has 3 aromatic rings. The third-order valence-electron chi connectivity index (χ3n) is 7.64. The molecule has 3 atom stereocenters. The molecule has 1 spiro atoms. The number of hydrogen-bond donors (Lipinski definition) is 1. The molecule has 0 bridgehead atoms. The van der Waals surface area contributed by atoms with Gasteiger partial charge in [0.1, 0.15) is 0 Å². The van der Waals surface area contributed by atoms with Crippen molar-refractivity contribution in [2.45, 2.75) is 31.2 Å². The highest BCUT2D eigenvalue weighted by atomic mass is 16.2. The van der Waals surface area contributed by atoms with E-state index >= 15 is 0 Å². The van der Waals surface area contributed by atoms with Crippen molar-refractivity contribution < 1.29 is 14.4 Å². The van der Waals surface area contributed by atoms with E-state index in [1.54, 1.807) is 24.3 Å². The molecule has 2 saturated heterocycles. The second kappa shape index (κ2) is 7.83. The number of hydrogen-bond acceptors (Lipinski definition) is 4. The largest absolute Gasteiger partial charge is 0.367 e. The van der Waals surface area contributed by atoms with Crippen LogP contribution in [0.15, 0.2) is 84.9 Å². The van der Waals surface area contributed by atoms with E-state index < -0.39 is 23.3 Å². The predicted molar refractivity (Wildman–Crippen MR) is 130 cm³/mol. The van der Waals surface area contributed by atoms with Crippen LogP contribution in [-0.4, -0.2) is 30.4 Å². The van der Waals surface area contributed by atoms with E-state index in [2.05, 4.69) is 28.4 Å². The van der Waals surface area contributed by atoms with Crippen LogP contribution >= 0.6 is 0 Å². The van der Waals surface area contributed by atoms with E-state index in [0.717, 1.165) is 29.1 Å².